The summed E-state index contributed by atoms with van der Waals surface area (Å²) >= 11 is 17.2. The summed E-state index contributed by atoms with van der Waals surface area (Å²) in [5.74, 6) is 0. The van der Waals surface area contributed by atoms with Gasteiger partial charge in [-0.3, -0.25) is 0 Å². The van der Waals surface area contributed by atoms with Gasteiger partial charge >= 0.3 is 17.1 Å². The van der Waals surface area contributed by atoms with Crippen molar-refractivity contribution in [2.24, 2.45) is 0 Å². The van der Waals surface area contributed by atoms with Gasteiger partial charge in [0.25, 0.3) is 0 Å². The van der Waals surface area contributed by atoms with Crippen molar-refractivity contribution in [1.82, 2.24) is 0 Å². The van der Waals surface area contributed by atoms with Crippen molar-refractivity contribution < 1.29 is 17.1 Å². The summed E-state index contributed by atoms with van der Waals surface area (Å²) < 4.78 is 0. The molecule has 0 aliphatic rings. The quantitative estimate of drug-likeness (QED) is 0.351. The standard InChI is InChI=1S/Mn.2H3PS2/c;2*2-1-3/h;2*1H2,(H,2,3)/q+2;;/p-2. The van der Waals surface area contributed by atoms with Gasteiger partial charge < -0.3 is 24.5 Å². The Morgan fingerprint density at radius 1 is 1.00 bits per heavy atom. The van der Waals surface area contributed by atoms with Crippen LogP contribution in [0.4, 0.5) is 0 Å². The Morgan fingerprint density at radius 2 is 1.00 bits per heavy atom. The van der Waals surface area contributed by atoms with Crippen LogP contribution in [-0.4, -0.2) is 0 Å². The second kappa shape index (κ2) is 23.6. The predicted molar refractivity (Wildman–Crippen MR) is 48.9 cm³/mol. The largest absolute Gasteiger partial charge is 2.00 e. The van der Waals surface area contributed by atoms with Crippen LogP contribution >= 0.6 is 13.1 Å². The molecule has 0 aliphatic carbocycles. The molecule has 0 aliphatic heterocycles. The van der Waals surface area contributed by atoms with Crippen molar-refractivity contribution in [2.75, 3.05) is 0 Å². The van der Waals surface area contributed by atoms with Crippen LogP contribution in [-0.2, 0) is 65.2 Å². The van der Waals surface area contributed by atoms with E-state index in [-0.39, 0.29) is 30.2 Å². The van der Waals surface area contributed by atoms with Gasteiger partial charge in [-0.25, -0.2) is 0 Å². The average Bonchev–Trinajstić information content (AvgIpc) is 1.39. The Balaban J connectivity index is -0.0000000400. The Labute approximate surface area is 77.7 Å². The molecule has 0 fully saturated rings. The molecule has 0 aromatic heterocycles. The summed E-state index contributed by atoms with van der Waals surface area (Å²) in [5.41, 5.74) is 0. The monoisotopic (exact) mass is 249 g/mol. The molecule has 2 atom stereocenters. The summed E-state index contributed by atoms with van der Waals surface area (Å²) in [6, 6.07) is 0. The van der Waals surface area contributed by atoms with Crippen molar-refractivity contribution in [3.8, 4) is 0 Å². The Hall–Kier alpha value is 2.52. The molecule has 45 valence electrons. The second-order valence-corrected chi connectivity index (χ2v) is 5.20. The fourth-order valence-corrected chi connectivity index (χ4v) is 0. The first kappa shape index (κ1) is 16.3. The first-order chi connectivity index (χ1) is 2.83. The van der Waals surface area contributed by atoms with Gasteiger partial charge in [-0.1, -0.05) is 0 Å². The van der Waals surface area contributed by atoms with E-state index >= 15 is 0 Å². The molecule has 0 heterocycles. The van der Waals surface area contributed by atoms with Crippen LogP contribution in [0.3, 0.4) is 0 Å². The first-order valence-electron chi connectivity index (χ1n) is 0.943. The third kappa shape index (κ3) is 57.0. The zero-order valence-corrected chi connectivity index (χ0v) is 9.92. The normalized spacial score (nSPS) is 8.29. The summed E-state index contributed by atoms with van der Waals surface area (Å²) in [6.07, 6.45) is 0. The SMILES string of the molecule is S=[PH2][S-].S=[PH2][S-].[Mn+2]. The van der Waals surface area contributed by atoms with E-state index in [0.29, 0.717) is 0 Å². The molecule has 0 aromatic rings. The molecular weight excluding hydrogens is 245 g/mol. The van der Waals surface area contributed by atoms with Crippen molar-refractivity contribution in [3.63, 3.8) is 0 Å². The smallest absolute Gasteiger partial charge is 0.753 e. The minimum absolute atomic E-state index is 0. The first-order valence-corrected chi connectivity index (χ1v) is 8.49. The molecule has 0 nitrogen and oxygen atoms in total. The van der Waals surface area contributed by atoms with Crippen LogP contribution in [0.5, 0.6) is 0 Å². The molecule has 0 saturated carbocycles. The molecule has 0 bridgehead atoms. The molecule has 7 heteroatoms. The molecule has 1 radical (unpaired) electrons. The molecule has 2 unspecified atom stereocenters. The number of hydrogen-bond acceptors (Lipinski definition) is 4. The maximum absolute atomic E-state index is 4.29. The molecular formula is H4MnP2S4. The summed E-state index contributed by atoms with van der Waals surface area (Å²) in [6.45, 7) is -0.167. The number of rotatable bonds is 0. The third-order valence-electron chi connectivity index (χ3n) is 0. The van der Waals surface area contributed by atoms with Crippen LogP contribution in [0.1, 0.15) is 0 Å². The van der Waals surface area contributed by atoms with Gasteiger partial charge in [0, 0.05) is 0 Å². The fraction of sp³-hybridized carbons (Fsp3) is 0. The van der Waals surface area contributed by atoms with Crippen LogP contribution in [0.25, 0.3) is 0 Å². The van der Waals surface area contributed by atoms with Crippen molar-refractivity contribution in [2.45, 2.75) is 0 Å². The van der Waals surface area contributed by atoms with Gasteiger partial charge in [-0.15, -0.1) is 23.6 Å². The van der Waals surface area contributed by atoms with Crippen LogP contribution < -0.4 is 0 Å². The Morgan fingerprint density at radius 3 is 1.00 bits per heavy atom. The van der Waals surface area contributed by atoms with Crippen LogP contribution in [0.2, 0.25) is 0 Å². The minimum atomic E-state index is -0.0833. The van der Waals surface area contributed by atoms with Gasteiger partial charge in [0.05, 0.1) is 0 Å². The third-order valence-corrected chi connectivity index (χ3v) is 0. The Bertz CT molecular complexity index is 30.7. The van der Waals surface area contributed by atoms with E-state index in [2.05, 4.69) is 48.1 Å². The van der Waals surface area contributed by atoms with Gasteiger partial charge in [-0.05, 0) is 0 Å². The second-order valence-electron chi connectivity index (χ2n) is 0.192. The maximum Gasteiger partial charge on any atom is 2.00 e. The molecule has 0 aromatic carbocycles. The minimum Gasteiger partial charge on any atom is -0.753 e. The van der Waals surface area contributed by atoms with E-state index in [1.807, 2.05) is 0 Å². The topological polar surface area (TPSA) is 0 Å². The molecule has 0 N–H and O–H groups in total. The van der Waals surface area contributed by atoms with Gasteiger partial charge in [0.1, 0.15) is 0 Å². The van der Waals surface area contributed by atoms with Gasteiger partial charge in [-0.2, -0.15) is 13.1 Å². The zero-order valence-electron chi connectivity index (χ0n) is 3.17. The fourth-order valence-electron chi connectivity index (χ4n) is 0. The van der Waals surface area contributed by atoms with E-state index in [4.69, 9.17) is 0 Å². The van der Waals surface area contributed by atoms with Crippen molar-refractivity contribution in [1.29, 1.82) is 0 Å². The molecule has 0 spiro atoms. The molecule has 0 amide bonds. The summed E-state index contributed by atoms with van der Waals surface area (Å²) in [7, 11) is 0. The van der Waals surface area contributed by atoms with Gasteiger partial charge in [0.15, 0.2) is 0 Å². The predicted octanol–water partition coefficient (Wildman–Crippen LogP) is 0.639. The van der Waals surface area contributed by atoms with E-state index in [1.165, 1.54) is 0 Å². The van der Waals surface area contributed by atoms with Crippen LogP contribution in [0, 0.1) is 0 Å². The Kier molecular flexibility index (Phi) is 54.8. The van der Waals surface area contributed by atoms with E-state index in [9.17, 15) is 0 Å². The van der Waals surface area contributed by atoms with Gasteiger partial charge in [0.2, 0.25) is 0 Å². The van der Waals surface area contributed by atoms with E-state index < -0.39 is 0 Å². The summed E-state index contributed by atoms with van der Waals surface area (Å²) in [4.78, 5) is 0. The average molecular weight is 249 g/mol. The molecule has 7 heavy (non-hydrogen) atoms. The van der Waals surface area contributed by atoms with Crippen LogP contribution in [0.15, 0.2) is 0 Å². The van der Waals surface area contributed by atoms with Crippen molar-refractivity contribution in [3.05, 3.63) is 0 Å². The zero-order chi connectivity index (χ0) is 5.41. The van der Waals surface area contributed by atoms with Crippen molar-refractivity contribution >= 4 is 61.2 Å². The maximum atomic E-state index is 4.29. The van der Waals surface area contributed by atoms with E-state index in [0.717, 1.165) is 0 Å². The summed E-state index contributed by atoms with van der Waals surface area (Å²) in [5, 5.41) is 0. The molecule has 0 rings (SSSR count). The molecule has 0 saturated heterocycles. The number of hydrogen-bond donors (Lipinski definition) is 0. The van der Waals surface area contributed by atoms with E-state index in [1.54, 1.807) is 0 Å².